The zero-order valence-electron chi connectivity index (χ0n) is 28.9. The van der Waals surface area contributed by atoms with Crippen molar-refractivity contribution in [1.82, 2.24) is 4.98 Å². The lowest BCUT2D eigenvalue weighted by molar-refractivity contribution is 0.669. The monoisotopic (exact) mass is 726 g/mol. The fourth-order valence-electron chi connectivity index (χ4n) is 7.70. The summed E-state index contributed by atoms with van der Waals surface area (Å²) in [5.74, 6) is 0. The predicted octanol–water partition coefficient (Wildman–Crippen LogP) is 15.0. The minimum Gasteiger partial charge on any atom is -0.456 e. The average Bonchev–Trinajstić information content (AvgIpc) is 3.95. The van der Waals surface area contributed by atoms with E-state index in [1.165, 1.54) is 31.3 Å². The zero-order valence-corrected chi connectivity index (χ0v) is 30.6. The van der Waals surface area contributed by atoms with Crippen LogP contribution in [0.3, 0.4) is 0 Å². The number of fused-ring (bicyclic) bond motifs is 8. The van der Waals surface area contributed by atoms with Gasteiger partial charge in [0.2, 0.25) is 0 Å². The molecule has 0 amide bonds. The second kappa shape index (κ2) is 12.6. The molecule has 0 aliphatic rings. The van der Waals surface area contributed by atoms with Crippen LogP contribution in [0.25, 0.3) is 85.2 Å². The Morgan fingerprint density at radius 3 is 1.89 bits per heavy atom. The van der Waals surface area contributed by atoms with Crippen molar-refractivity contribution >= 4 is 92.1 Å². The Morgan fingerprint density at radius 1 is 0.389 bits per heavy atom. The number of nitrogens with zero attached hydrogens (tertiary/aromatic N) is 2. The van der Waals surface area contributed by atoms with E-state index < -0.39 is 0 Å². The zero-order chi connectivity index (χ0) is 35.6. The predicted molar refractivity (Wildman–Crippen MR) is 231 cm³/mol. The van der Waals surface area contributed by atoms with Crippen LogP contribution in [-0.4, -0.2) is 4.98 Å². The minimum atomic E-state index is 0.860. The summed E-state index contributed by atoms with van der Waals surface area (Å²) >= 11 is 3.57. The molecule has 0 spiro atoms. The molecule has 0 aliphatic carbocycles. The number of thiazole rings is 1. The number of rotatable bonds is 6. The van der Waals surface area contributed by atoms with E-state index in [1.54, 1.807) is 11.3 Å². The van der Waals surface area contributed by atoms with Crippen LogP contribution in [0.2, 0.25) is 0 Å². The Labute approximate surface area is 319 Å². The molecule has 0 radical (unpaired) electrons. The van der Waals surface area contributed by atoms with Crippen molar-refractivity contribution in [3.8, 4) is 32.8 Å². The van der Waals surface area contributed by atoms with Crippen LogP contribution in [-0.2, 0) is 0 Å². The van der Waals surface area contributed by atoms with Crippen molar-refractivity contribution in [1.29, 1.82) is 0 Å². The minimum absolute atomic E-state index is 0.860. The van der Waals surface area contributed by atoms with E-state index in [1.807, 2.05) is 17.4 Å². The maximum absolute atomic E-state index is 6.37. The summed E-state index contributed by atoms with van der Waals surface area (Å²) < 4.78 is 10.1. The number of hydrogen-bond acceptors (Lipinski definition) is 5. The molecule has 8 aromatic carbocycles. The molecule has 254 valence electrons. The fourth-order valence-corrected chi connectivity index (χ4v) is 9.82. The van der Waals surface area contributed by atoms with Crippen molar-refractivity contribution in [2.45, 2.75) is 0 Å². The Bertz CT molecular complexity index is 3160. The topological polar surface area (TPSA) is 29.3 Å². The van der Waals surface area contributed by atoms with Gasteiger partial charge >= 0.3 is 0 Å². The average molecular weight is 727 g/mol. The molecule has 54 heavy (non-hydrogen) atoms. The summed E-state index contributed by atoms with van der Waals surface area (Å²) in [6.45, 7) is 0. The van der Waals surface area contributed by atoms with Gasteiger partial charge in [0.05, 0.1) is 15.6 Å². The summed E-state index contributed by atoms with van der Waals surface area (Å²) in [5, 5.41) is 5.77. The van der Waals surface area contributed by atoms with E-state index in [9.17, 15) is 0 Å². The first-order chi connectivity index (χ1) is 26.7. The number of thiophene rings is 1. The van der Waals surface area contributed by atoms with Crippen molar-refractivity contribution in [3.05, 3.63) is 182 Å². The summed E-state index contributed by atoms with van der Waals surface area (Å²) in [6.07, 6.45) is 0. The van der Waals surface area contributed by atoms with E-state index in [0.29, 0.717) is 0 Å². The standard InChI is InChI=1S/C49H30N2OS2/c1-3-10-31(11-4-1)34-14-9-15-37(28-34)51(38-23-24-40-39-16-7-8-17-44(39)53-46(40)30-38)36-21-18-32(19-22-36)35-20-25-42-41(29-35)47-43(52-42)26-27-45-48(47)50-49(54-45)33-12-5-2-6-13-33/h1-30H. The Morgan fingerprint density at radius 2 is 1.04 bits per heavy atom. The Balaban J connectivity index is 1.02. The highest BCUT2D eigenvalue weighted by atomic mass is 32.1. The molecule has 0 saturated carbocycles. The van der Waals surface area contributed by atoms with Crippen LogP contribution in [0.4, 0.5) is 17.1 Å². The van der Waals surface area contributed by atoms with Crippen LogP contribution < -0.4 is 4.90 Å². The van der Waals surface area contributed by atoms with Gasteiger partial charge < -0.3 is 9.32 Å². The second-order valence-electron chi connectivity index (χ2n) is 13.6. The van der Waals surface area contributed by atoms with Crippen molar-refractivity contribution < 1.29 is 4.42 Å². The van der Waals surface area contributed by atoms with Gasteiger partial charge in [0.1, 0.15) is 16.2 Å². The smallest absolute Gasteiger partial charge is 0.137 e. The Kier molecular flexibility index (Phi) is 7.22. The first-order valence-corrected chi connectivity index (χ1v) is 19.7. The molecule has 11 rings (SSSR count). The van der Waals surface area contributed by atoms with Gasteiger partial charge in [0.15, 0.2) is 0 Å². The number of aromatic nitrogens is 1. The highest BCUT2D eigenvalue weighted by Crippen LogP contribution is 2.43. The summed E-state index contributed by atoms with van der Waals surface area (Å²) in [6, 6.07) is 65.0. The quantitative estimate of drug-likeness (QED) is 0.171. The second-order valence-corrected chi connectivity index (χ2v) is 15.7. The molecular weight excluding hydrogens is 697 g/mol. The van der Waals surface area contributed by atoms with Gasteiger partial charge in [-0.1, -0.05) is 115 Å². The fraction of sp³-hybridized carbons (Fsp3) is 0. The molecule has 0 aliphatic heterocycles. The lowest BCUT2D eigenvalue weighted by atomic mass is 10.0. The molecule has 0 saturated heterocycles. The van der Waals surface area contributed by atoms with Gasteiger partial charge in [0, 0.05) is 48.2 Å². The molecule has 0 fully saturated rings. The highest BCUT2D eigenvalue weighted by Gasteiger charge is 2.18. The maximum atomic E-state index is 6.37. The molecule has 0 unspecified atom stereocenters. The molecule has 0 bridgehead atoms. The van der Waals surface area contributed by atoms with E-state index in [2.05, 4.69) is 181 Å². The largest absolute Gasteiger partial charge is 0.456 e. The van der Waals surface area contributed by atoms with Crippen LogP contribution in [0, 0.1) is 0 Å². The lowest BCUT2D eigenvalue weighted by Gasteiger charge is -2.26. The third-order valence-electron chi connectivity index (χ3n) is 10.3. The molecule has 5 heteroatoms. The van der Waals surface area contributed by atoms with Crippen molar-refractivity contribution in [2.24, 2.45) is 0 Å². The van der Waals surface area contributed by atoms with Crippen LogP contribution in [0.1, 0.15) is 0 Å². The van der Waals surface area contributed by atoms with E-state index in [4.69, 9.17) is 9.40 Å². The van der Waals surface area contributed by atoms with Gasteiger partial charge in [-0.15, -0.1) is 22.7 Å². The van der Waals surface area contributed by atoms with Gasteiger partial charge in [0.25, 0.3) is 0 Å². The van der Waals surface area contributed by atoms with Crippen LogP contribution in [0.15, 0.2) is 186 Å². The molecule has 3 nitrogen and oxygen atoms in total. The van der Waals surface area contributed by atoms with Crippen LogP contribution >= 0.6 is 22.7 Å². The number of benzene rings is 8. The molecule has 3 heterocycles. The number of anilines is 3. The van der Waals surface area contributed by atoms with Gasteiger partial charge in [-0.05, 0) is 89.0 Å². The van der Waals surface area contributed by atoms with Gasteiger partial charge in [-0.25, -0.2) is 4.98 Å². The van der Waals surface area contributed by atoms with Crippen molar-refractivity contribution in [2.75, 3.05) is 4.90 Å². The molecule has 11 aromatic rings. The van der Waals surface area contributed by atoms with Crippen molar-refractivity contribution in [3.63, 3.8) is 0 Å². The Hall–Kier alpha value is -6.53. The third kappa shape index (κ3) is 5.20. The van der Waals surface area contributed by atoms with E-state index in [0.717, 1.165) is 70.9 Å². The normalized spacial score (nSPS) is 11.7. The van der Waals surface area contributed by atoms with Gasteiger partial charge in [-0.2, -0.15) is 0 Å². The number of hydrogen-bond donors (Lipinski definition) is 0. The SMILES string of the molecule is c1ccc(-c2cccc(N(c3ccc(-c4ccc5oc6ccc7sc(-c8ccccc8)nc7c6c5c4)cc3)c3ccc4c(c3)sc3ccccc34)c2)cc1. The summed E-state index contributed by atoms with van der Waals surface area (Å²) in [5.41, 5.74) is 11.8. The van der Waals surface area contributed by atoms with E-state index in [-0.39, 0.29) is 0 Å². The van der Waals surface area contributed by atoms with Gasteiger partial charge in [-0.3, -0.25) is 0 Å². The van der Waals surface area contributed by atoms with Crippen LogP contribution in [0.5, 0.6) is 0 Å². The maximum Gasteiger partial charge on any atom is 0.137 e. The lowest BCUT2D eigenvalue weighted by Crippen LogP contribution is -2.09. The molecule has 3 aromatic heterocycles. The summed E-state index contributed by atoms with van der Waals surface area (Å²) in [4.78, 5) is 7.51. The highest BCUT2D eigenvalue weighted by molar-refractivity contribution is 7.25. The molecular formula is C49H30N2OS2. The summed E-state index contributed by atoms with van der Waals surface area (Å²) in [7, 11) is 0. The molecule has 0 N–H and O–H groups in total. The number of furan rings is 1. The van der Waals surface area contributed by atoms with E-state index >= 15 is 0 Å². The third-order valence-corrected chi connectivity index (χ3v) is 12.5. The first kappa shape index (κ1) is 31.0. The molecule has 0 atom stereocenters. The first-order valence-electron chi connectivity index (χ1n) is 18.0.